The molecule has 4 aromatic rings. The van der Waals surface area contributed by atoms with E-state index in [9.17, 15) is 13.2 Å². The van der Waals surface area contributed by atoms with Crippen molar-refractivity contribution < 1.29 is 13.2 Å². The first-order valence-corrected chi connectivity index (χ1v) is 12.0. The third-order valence-electron chi connectivity index (χ3n) is 4.82. The number of hydrogen-bond acceptors (Lipinski definition) is 5. The molecule has 152 valence electrons. The van der Waals surface area contributed by atoms with Gasteiger partial charge in [-0.25, -0.2) is 13.4 Å². The van der Waals surface area contributed by atoms with Crippen molar-refractivity contribution in [2.45, 2.75) is 18.2 Å². The number of benzene rings is 3. The number of aromatic nitrogens is 1. The number of hydrogen-bond donors (Lipinski definition) is 1. The summed E-state index contributed by atoms with van der Waals surface area (Å²) < 4.78 is 23.8. The number of nitrogens with one attached hydrogen (secondary N) is 1. The summed E-state index contributed by atoms with van der Waals surface area (Å²) in [5.74, 6) is -0.142. The van der Waals surface area contributed by atoms with E-state index in [1.165, 1.54) is 16.7 Å². The van der Waals surface area contributed by atoms with E-state index in [1.807, 2.05) is 23.6 Å². The van der Waals surface area contributed by atoms with Gasteiger partial charge in [-0.15, -0.1) is 11.3 Å². The van der Waals surface area contributed by atoms with E-state index in [-0.39, 0.29) is 23.0 Å². The molecule has 0 bridgehead atoms. The van der Waals surface area contributed by atoms with Crippen molar-refractivity contribution in [3.8, 4) is 11.3 Å². The number of amides is 1. The molecule has 0 spiro atoms. The van der Waals surface area contributed by atoms with Gasteiger partial charge in [0.15, 0.2) is 15.0 Å². The lowest BCUT2D eigenvalue weighted by Crippen LogP contribution is -2.14. The fraction of sp³-hybridized carbons (Fsp3) is 0.130. The van der Waals surface area contributed by atoms with Crippen LogP contribution in [-0.2, 0) is 21.1 Å². The van der Waals surface area contributed by atoms with Crippen LogP contribution in [0.4, 0.5) is 5.13 Å². The van der Waals surface area contributed by atoms with E-state index in [2.05, 4.69) is 34.6 Å². The molecular weight excluding hydrogens is 416 g/mol. The van der Waals surface area contributed by atoms with Gasteiger partial charge in [-0.2, -0.15) is 0 Å². The Morgan fingerprint density at radius 1 is 1.00 bits per heavy atom. The highest BCUT2D eigenvalue weighted by Crippen LogP contribution is 2.28. The molecular formula is C23H20N2O3S2. The molecule has 0 aliphatic rings. The maximum atomic E-state index is 12.4. The monoisotopic (exact) mass is 436 g/mol. The van der Waals surface area contributed by atoms with E-state index in [0.717, 1.165) is 22.2 Å². The van der Waals surface area contributed by atoms with Crippen LogP contribution in [0.2, 0.25) is 0 Å². The van der Waals surface area contributed by atoms with E-state index >= 15 is 0 Å². The van der Waals surface area contributed by atoms with Crippen molar-refractivity contribution in [1.29, 1.82) is 0 Å². The normalized spacial score (nSPS) is 11.5. The SMILES string of the molecule is CCS(=O)(=O)c1ccc(CC(=O)Nc2nc(-c3ccc4ccccc4c3)cs2)cc1. The standard InChI is InChI=1S/C23H20N2O3S2/c1-2-30(27,28)20-11-7-16(8-12-20)13-22(26)25-23-24-21(15-29-23)19-10-9-17-5-3-4-6-18(17)14-19/h3-12,14-15H,2,13H2,1H3,(H,24,25,26). The first-order valence-electron chi connectivity index (χ1n) is 9.51. The zero-order chi connectivity index (χ0) is 21.1. The van der Waals surface area contributed by atoms with Gasteiger partial charge in [0.2, 0.25) is 5.91 Å². The molecule has 0 radical (unpaired) electrons. The number of sulfone groups is 1. The van der Waals surface area contributed by atoms with E-state index in [1.54, 1.807) is 31.2 Å². The van der Waals surface area contributed by atoms with Crippen LogP contribution >= 0.6 is 11.3 Å². The highest BCUT2D eigenvalue weighted by molar-refractivity contribution is 7.91. The van der Waals surface area contributed by atoms with Gasteiger partial charge in [0.1, 0.15) is 0 Å². The second-order valence-electron chi connectivity index (χ2n) is 6.87. The average Bonchev–Trinajstić information content (AvgIpc) is 3.22. The molecule has 1 amide bonds. The van der Waals surface area contributed by atoms with Crippen LogP contribution in [0.25, 0.3) is 22.0 Å². The van der Waals surface area contributed by atoms with Crippen LogP contribution in [0.3, 0.4) is 0 Å². The summed E-state index contributed by atoms with van der Waals surface area (Å²) in [6.45, 7) is 1.61. The van der Waals surface area contributed by atoms with Gasteiger partial charge in [0.25, 0.3) is 0 Å². The summed E-state index contributed by atoms with van der Waals surface area (Å²) in [5.41, 5.74) is 2.56. The molecule has 0 saturated heterocycles. The first kappa shape index (κ1) is 20.3. The molecule has 0 fully saturated rings. The Balaban J connectivity index is 1.43. The van der Waals surface area contributed by atoms with Crippen molar-refractivity contribution in [1.82, 2.24) is 4.98 Å². The van der Waals surface area contributed by atoms with Crippen molar-refractivity contribution in [2.24, 2.45) is 0 Å². The van der Waals surface area contributed by atoms with Gasteiger partial charge in [-0.1, -0.05) is 55.5 Å². The number of nitrogens with zero attached hydrogens (tertiary/aromatic N) is 1. The zero-order valence-electron chi connectivity index (χ0n) is 16.3. The Bertz CT molecular complexity index is 1310. The third-order valence-corrected chi connectivity index (χ3v) is 7.33. The van der Waals surface area contributed by atoms with Gasteiger partial charge in [0.05, 0.1) is 22.8 Å². The van der Waals surface area contributed by atoms with Crippen molar-refractivity contribution in [3.05, 3.63) is 77.7 Å². The summed E-state index contributed by atoms with van der Waals surface area (Å²) in [5, 5.41) is 7.59. The summed E-state index contributed by atoms with van der Waals surface area (Å²) >= 11 is 1.38. The third kappa shape index (κ3) is 4.42. The number of carbonyl (C=O) groups is 1. The molecule has 30 heavy (non-hydrogen) atoms. The Kier molecular flexibility index (Phi) is 5.65. The van der Waals surface area contributed by atoms with Crippen LogP contribution in [-0.4, -0.2) is 25.1 Å². The molecule has 0 saturated carbocycles. The quantitative estimate of drug-likeness (QED) is 0.465. The molecule has 0 atom stereocenters. The fourth-order valence-corrected chi connectivity index (χ4v) is 4.76. The Labute approximate surface area is 179 Å². The topological polar surface area (TPSA) is 76.1 Å². The molecule has 3 aromatic carbocycles. The fourth-order valence-electron chi connectivity index (χ4n) is 3.14. The molecule has 7 heteroatoms. The lowest BCUT2D eigenvalue weighted by Gasteiger charge is -2.05. The predicted molar refractivity (Wildman–Crippen MR) is 122 cm³/mol. The Morgan fingerprint density at radius 3 is 2.47 bits per heavy atom. The predicted octanol–water partition coefficient (Wildman–Crippen LogP) is 4.94. The summed E-state index contributed by atoms with van der Waals surface area (Å²) in [6, 6.07) is 20.7. The van der Waals surface area contributed by atoms with E-state index in [4.69, 9.17) is 0 Å². The Morgan fingerprint density at radius 2 is 1.73 bits per heavy atom. The minimum Gasteiger partial charge on any atom is -0.302 e. The maximum absolute atomic E-state index is 12.4. The number of carbonyl (C=O) groups excluding carboxylic acids is 1. The number of thiazole rings is 1. The van der Waals surface area contributed by atoms with Crippen molar-refractivity contribution >= 4 is 43.0 Å². The largest absolute Gasteiger partial charge is 0.302 e. The Hall–Kier alpha value is -3.03. The molecule has 1 heterocycles. The number of rotatable bonds is 6. The summed E-state index contributed by atoms with van der Waals surface area (Å²) in [6.07, 6.45) is 0.150. The van der Waals surface area contributed by atoms with Crippen LogP contribution in [0.15, 0.2) is 77.0 Å². The van der Waals surface area contributed by atoms with Crippen LogP contribution < -0.4 is 5.32 Å². The number of fused-ring (bicyclic) bond motifs is 1. The van der Waals surface area contributed by atoms with Crippen molar-refractivity contribution in [2.75, 3.05) is 11.1 Å². The second-order valence-corrected chi connectivity index (χ2v) is 10.0. The molecule has 0 unspecified atom stereocenters. The summed E-state index contributed by atoms with van der Waals surface area (Å²) in [7, 11) is -3.24. The molecule has 5 nitrogen and oxygen atoms in total. The zero-order valence-corrected chi connectivity index (χ0v) is 18.0. The van der Waals surface area contributed by atoms with Crippen molar-refractivity contribution in [3.63, 3.8) is 0 Å². The van der Waals surface area contributed by atoms with Crippen LogP contribution in [0.5, 0.6) is 0 Å². The van der Waals surface area contributed by atoms with Crippen LogP contribution in [0, 0.1) is 0 Å². The van der Waals surface area contributed by atoms with Gasteiger partial charge in [0, 0.05) is 10.9 Å². The summed E-state index contributed by atoms with van der Waals surface area (Å²) in [4.78, 5) is 17.2. The average molecular weight is 437 g/mol. The lowest BCUT2D eigenvalue weighted by atomic mass is 10.1. The maximum Gasteiger partial charge on any atom is 0.230 e. The molecule has 1 N–H and O–H groups in total. The van der Waals surface area contributed by atoms with Gasteiger partial charge >= 0.3 is 0 Å². The van der Waals surface area contributed by atoms with Gasteiger partial charge in [-0.3, -0.25) is 4.79 Å². The van der Waals surface area contributed by atoms with Gasteiger partial charge < -0.3 is 5.32 Å². The molecule has 1 aromatic heterocycles. The molecule has 0 aliphatic carbocycles. The second kappa shape index (κ2) is 8.38. The molecule has 4 rings (SSSR count). The minimum atomic E-state index is -3.24. The smallest absolute Gasteiger partial charge is 0.230 e. The number of anilines is 1. The van der Waals surface area contributed by atoms with Gasteiger partial charge in [-0.05, 0) is 34.5 Å². The van der Waals surface area contributed by atoms with E-state index < -0.39 is 9.84 Å². The molecule has 0 aliphatic heterocycles. The lowest BCUT2D eigenvalue weighted by molar-refractivity contribution is -0.115. The highest BCUT2D eigenvalue weighted by atomic mass is 32.2. The first-order chi connectivity index (χ1) is 14.4. The van der Waals surface area contributed by atoms with Crippen LogP contribution in [0.1, 0.15) is 12.5 Å². The van der Waals surface area contributed by atoms with E-state index in [0.29, 0.717) is 5.13 Å². The minimum absolute atomic E-state index is 0.0520. The highest BCUT2D eigenvalue weighted by Gasteiger charge is 2.13.